The van der Waals surface area contributed by atoms with Gasteiger partial charge in [-0.1, -0.05) is 18.4 Å². The predicted molar refractivity (Wildman–Crippen MR) is 171 cm³/mol. The number of piperidine rings is 2. The maximum absolute atomic E-state index is 17.0. The molecule has 2 N–H and O–H groups in total. The highest BCUT2D eigenvalue weighted by Gasteiger charge is 2.47. The fourth-order valence-corrected chi connectivity index (χ4v) is 8.01. The molecule has 0 radical (unpaired) electrons. The number of methoxy groups -OCH3 is 1. The summed E-state index contributed by atoms with van der Waals surface area (Å²) in [7, 11) is 3.57. The number of benzene rings is 2. The molecule has 0 spiro atoms. The zero-order valence-electron chi connectivity index (χ0n) is 26.0. The lowest BCUT2D eigenvalue weighted by molar-refractivity contribution is 0.0133. The molecule has 4 heterocycles. The molecule has 9 nitrogen and oxygen atoms in total. The minimum Gasteiger partial charge on any atom is -0.508 e. The quantitative estimate of drug-likeness (QED) is 0.271. The summed E-state index contributed by atoms with van der Waals surface area (Å²) in [6.45, 7) is 2.31. The highest BCUT2D eigenvalue weighted by molar-refractivity contribution is 6.04. The Morgan fingerprint density at radius 2 is 1.89 bits per heavy atom. The van der Waals surface area contributed by atoms with Crippen molar-refractivity contribution in [1.29, 1.82) is 0 Å². The van der Waals surface area contributed by atoms with Crippen LogP contribution in [-0.4, -0.2) is 82.6 Å². The van der Waals surface area contributed by atoms with Crippen LogP contribution in [0.3, 0.4) is 0 Å². The van der Waals surface area contributed by atoms with E-state index in [2.05, 4.69) is 27.8 Å². The van der Waals surface area contributed by atoms with Crippen LogP contribution in [0, 0.1) is 29.4 Å². The second kappa shape index (κ2) is 11.8. The van der Waals surface area contributed by atoms with E-state index in [4.69, 9.17) is 20.9 Å². The average Bonchev–Trinajstić information content (AvgIpc) is 3.49. The van der Waals surface area contributed by atoms with Crippen LogP contribution in [0.25, 0.3) is 32.9 Å². The molecule has 46 heavy (non-hydrogen) atoms. The van der Waals surface area contributed by atoms with E-state index in [1.54, 1.807) is 0 Å². The van der Waals surface area contributed by atoms with Crippen molar-refractivity contribution in [3.8, 4) is 41.2 Å². The van der Waals surface area contributed by atoms with Crippen LogP contribution in [0.1, 0.15) is 50.5 Å². The smallest absolute Gasteiger partial charge is 0.319 e. The molecule has 11 heteroatoms. The van der Waals surface area contributed by atoms with Crippen LogP contribution in [-0.2, 0) is 0 Å². The molecule has 3 aliphatic rings. The number of ether oxygens (including phenoxy) is 2. The van der Waals surface area contributed by atoms with E-state index in [1.165, 1.54) is 31.4 Å². The van der Waals surface area contributed by atoms with E-state index < -0.39 is 17.7 Å². The van der Waals surface area contributed by atoms with Crippen molar-refractivity contribution in [2.75, 3.05) is 45.3 Å². The molecule has 3 atom stereocenters. The van der Waals surface area contributed by atoms with E-state index in [-0.39, 0.29) is 62.7 Å². The number of nitrogens with zero attached hydrogens (tertiary/aromatic N) is 5. The molecule has 1 aliphatic carbocycles. The van der Waals surface area contributed by atoms with Gasteiger partial charge in [-0.2, -0.15) is 9.97 Å². The van der Waals surface area contributed by atoms with E-state index in [0.717, 1.165) is 38.6 Å². The highest BCUT2D eigenvalue weighted by atomic mass is 19.1. The lowest BCUT2D eigenvalue weighted by Gasteiger charge is -2.44. The Balaban J connectivity index is 1.43. The number of terminal acetylenes is 1. The predicted octanol–water partition coefficient (Wildman–Crippen LogP) is 5.42. The topological polar surface area (TPSA) is 104 Å². The Morgan fingerprint density at radius 3 is 2.67 bits per heavy atom. The Morgan fingerprint density at radius 1 is 1.07 bits per heavy atom. The van der Waals surface area contributed by atoms with Gasteiger partial charge in [-0.15, -0.1) is 6.42 Å². The number of halogens is 2. The van der Waals surface area contributed by atoms with Crippen molar-refractivity contribution in [3.63, 3.8) is 0 Å². The van der Waals surface area contributed by atoms with Crippen molar-refractivity contribution in [2.45, 2.75) is 57.1 Å². The van der Waals surface area contributed by atoms with Crippen molar-refractivity contribution in [2.24, 2.45) is 5.41 Å². The van der Waals surface area contributed by atoms with Crippen LogP contribution >= 0.6 is 0 Å². The second-order valence-electron chi connectivity index (χ2n) is 12.9. The number of pyridine rings is 1. The Bertz CT molecular complexity index is 1880. The van der Waals surface area contributed by atoms with Gasteiger partial charge in [0.1, 0.15) is 34.0 Å². The van der Waals surface area contributed by atoms with Gasteiger partial charge in [-0.3, -0.25) is 0 Å². The monoisotopic (exact) mass is 629 g/mol. The first-order chi connectivity index (χ1) is 22.2. The Labute approximate surface area is 266 Å². The van der Waals surface area contributed by atoms with Crippen molar-refractivity contribution in [1.82, 2.24) is 19.9 Å². The summed E-state index contributed by atoms with van der Waals surface area (Å²) < 4.78 is 44.0. The molecule has 1 saturated carbocycles. The molecular formula is C35H37F2N5O4. The van der Waals surface area contributed by atoms with Crippen LogP contribution in [0.2, 0.25) is 0 Å². The van der Waals surface area contributed by atoms with Gasteiger partial charge >= 0.3 is 6.01 Å². The first-order valence-electron chi connectivity index (χ1n) is 15.9. The number of aromatic nitrogens is 3. The standard InChI is InChI=1S/C35H37F2N5O4/c1-4-23-25(36)11-10-20-16-22(44)17-24(27(20)23)30-29(37)31-28(33(38-30)45-3)32(42-15-6-8-21(43)18-42)40-34(39-31)46-19-35-12-5-9-26(35)41(2)14-7-13-35/h1,10-11,16-17,21,26,43-44H,5-9,12-15,18-19H2,2-3H3. The summed E-state index contributed by atoms with van der Waals surface area (Å²) in [5.74, 6) is 1.11. The SMILES string of the molecule is C#Cc1c(F)ccc2cc(O)cc(-c3nc(OC)c4c(N5CCCC(O)C5)nc(OCC56CCCC5N(C)CCC6)nc4c3F)c12. The fourth-order valence-electron chi connectivity index (χ4n) is 8.01. The molecule has 4 aromatic rings. The van der Waals surface area contributed by atoms with Crippen LogP contribution in [0.5, 0.6) is 17.6 Å². The van der Waals surface area contributed by atoms with E-state index in [0.29, 0.717) is 43.2 Å². The summed E-state index contributed by atoms with van der Waals surface area (Å²) in [6.07, 6.45) is 11.8. The number of hydrogen-bond donors (Lipinski definition) is 2. The summed E-state index contributed by atoms with van der Waals surface area (Å²) in [5, 5.41) is 22.0. The fraction of sp³-hybridized carbons (Fsp3) is 0.457. The number of anilines is 1. The number of likely N-dealkylation sites (tertiary alicyclic amines) is 1. The molecule has 2 aromatic carbocycles. The molecule has 2 aliphatic heterocycles. The normalized spacial score (nSPS) is 23.4. The highest BCUT2D eigenvalue weighted by Crippen LogP contribution is 2.48. The molecule has 3 unspecified atom stereocenters. The van der Waals surface area contributed by atoms with Gasteiger partial charge in [0.15, 0.2) is 5.82 Å². The number of aliphatic hydroxyl groups is 1. The molecule has 7 rings (SSSR count). The summed E-state index contributed by atoms with van der Waals surface area (Å²) in [4.78, 5) is 18.2. The maximum atomic E-state index is 17.0. The Hall–Kier alpha value is -4.27. The number of aliphatic hydroxyl groups excluding tert-OH is 1. The van der Waals surface area contributed by atoms with Gasteiger partial charge < -0.3 is 29.5 Å². The van der Waals surface area contributed by atoms with Crippen molar-refractivity contribution < 1.29 is 28.5 Å². The van der Waals surface area contributed by atoms with Crippen LogP contribution < -0.4 is 14.4 Å². The number of fused-ring (bicyclic) bond motifs is 3. The van der Waals surface area contributed by atoms with Gasteiger partial charge in [0.25, 0.3) is 0 Å². The molecule has 3 fully saturated rings. The molecule has 0 bridgehead atoms. The van der Waals surface area contributed by atoms with E-state index in [9.17, 15) is 14.6 Å². The van der Waals surface area contributed by atoms with Crippen LogP contribution in [0.15, 0.2) is 24.3 Å². The Kier molecular flexibility index (Phi) is 7.81. The third-order valence-electron chi connectivity index (χ3n) is 10.1. The number of rotatable bonds is 6. The minimum absolute atomic E-state index is 0.0186. The average molecular weight is 630 g/mol. The first-order valence-corrected chi connectivity index (χ1v) is 15.9. The number of β-amino-alcohol motifs (C(OH)–C–C–N with tert-alkyl or cyclic N) is 1. The van der Waals surface area contributed by atoms with Crippen molar-refractivity contribution in [3.05, 3.63) is 41.5 Å². The van der Waals surface area contributed by atoms with E-state index >= 15 is 4.39 Å². The number of phenols is 1. The first kappa shape index (κ1) is 30.4. The van der Waals surface area contributed by atoms with Gasteiger partial charge in [0.2, 0.25) is 5.88 Å². The third-order valence-corrected chi connectivity index (χ3v) is 10.1. The zero-order valence-corrected chi connectivity index (χ0v) is 26.0. The van der Waals surface area contributed by atoms with Gasteiger partial charge in [-0.25, -0.2) is 13.8 Å². The molecular weight excluding hydrogens is 592 g/mol. The molecule has 2 saturated heterocycles. The van der Waals surface area contributed by atoms with Crippen molar-refractivity contribution >= 4 is 27.5 Å². The molecule has 2 aromatic heterocycles. The summed E-state index contributed by atoms with van der Waals surface area (Å²) in [6, 6.07) is 5.83. The lowest BCUT2D eigenvalue weighted by Crippen LogP contribution is -2.50. The lowest BCUT2D eigenvalue weighted by atomic mass is 9.76. The summed E-state index contributed by atoms with van der Waals surface area (Å²) in [5.41, 5.74) is -0.342. The summed E-state index contributed by atoms with van der Waals surface area (Å²) >= 11 is 0. The van der Waals surface area contributed by atoms with Crippen LogP contribution in [0.4, 0.5) is 14.6 Å². The van der Waals surface area contributed by atoms with Gasteiger partial charge in [0, 0.05) is 35.5 Å². The molecule has 0 amide bonds. The number of aromatic hydroxyl groups is 1. The zero-order chi connectivity index (χ0) is 32.2. The number of hydrogen-bond acceptors (Lipinski definition) is 9. The molecule has 240 valence electrons. The maximum Gasteiger partial charge on any atom is 0.319 e. The van der Waals surface area contributed by atoms with Gasteiger partial charge in [-0.05, 0) is 75.7 Å². The number of phenolic OH excluding ortho intramolecular Hbond substituents is 1. The van der Waals surface area contributed by atoms with Gasteiger partial charge in [0.05, 0.1) is 25.4 Å². The minimum atomic E-state index is -0.824. The third kappa shape index (κ3) is 5.04. The second-order valence-corrected chi connectivity index (χ2v) is 12.9. The van der Waals surface area contributed by atoms with E-state index in [1.807, 2.05) is 4.90 Å². The largest absolute Gasteiger partial charge is 0.508 e.